The quantitative estimate of drug-likeness (QED) is 0.622. The van der Waals surface area contributed by atoms with Crippen molar-refractivity contribution >= 4 is 18.1 Å². The van der Waals surface area contributed by atoms with E-state index in [0.29, 0.717) is 0 Å². The molecule has 0 radical (unpaired) electrons. The molecular formula is C10H26OSi2. The van der Waals surface area contributed by atoms with E-state index < -0.39 is 18.1 Å². The van der Waals surface area contributed by atoms with Crippen LogP contribution in [0.25, 0.3) is 0 Å². The normalized spacial score (nSPS) is 16.6. The molecule has 13 heavy (non-hydrogen) atoms. The molecule has 0 bridgehead atoms. The summed E-state index contributed by atoms with van der Waals surface area (Å²) in [7, 11) is -1.71. The summed E-state index contributed by atoms with van der Waals surface area (Å²) < 4.78 is 6.35. The van der Waals surface area contributed by atoms with Gasteiger partial charge in [0.1, 0.15) is 0 Å². The second kappa shape index (κ2) is 6.79. The van der Waals surface area contributed by atoms with Gasteiger partial charge in [-0.1, -0.05) is 41.5 Å². The van der Waals surface area contributed by atoms with Crippen molar-refractivity contribution in [3.8, 4) is 0 Å². The third kappa shape index (κ3) is 4.98. The number of hydrogen-bond donors (Lipinski definition) is 0. The maximum absolute atomic E-state index is 6.35. The maximum atomic E-state index is 6.35. The Bertz CT molecular complexity index is 112. The van der Waals surface area contributed by atoms with Gasteiger partial charge in [-0.05, 0) is 23.2 Å². The van der Waals surface area contributed by atoms with Crippen LogP contribution in [0.1, 0.15) is 41.5 Å². The number of hydrogen-bond acceptors (Lipinski definition) is 1. The lowest BCUT2D eigenvalue weighted by Gasteiger charge is -2.26. The minimum absolute atomic E-state index is 0.810. The molecule has 0 aliphatic carbocycles. The minimum Gasteiger partial charge on any atom is -0.459 e. The van der Waals surface area contributed by atoms with Gasteiger partial charge < -0.3 is 4.12 Å². The Hall–Kier alpha value is 0.394. The van der Waals surface area contributed by atoms with Crippen molar-refractivity contribution in [3.05, 3.63) is 0 Å². The van der Waals surface area contributed by atoms with E-state index in [-0.39, 0.29) is 0 Å². The van der Waals surface area contributed by atoms with Crippen LogP contribution >= 0.6 is 0 Å². The summed E-state index contributed by atoms with van der Waals surface area (Å²) in [4.78, 5) is 0. The fourth-order valence-corrected chi connectivity index (χ4v) is 9.41. The van der Waals surface area contributed by atoms with E-state index in [1.165, 1.54) is 12.1 Å². The molecule has 0 aliphatic rings. The molecule has 2 atom stereocenters. The highest BCUT2D eigenvalue weighted by Crippen LogP contribution is 2.20. The van der Waals surface area contributed by atoms with Gasteiger partial charge in [-0.25, -0.2) is 0 Å². The van der Waals surface area contributed by atoms with Gasteiger partial charge in [-0.15, -0.1) is 0 Å². The molecule has 0 aromatic rings. The average Bonchev–Trinajstić information content (AvgIpc) is 2.05. The van der Waals surface area contributed by atoms with Crippen LogP contribution in [0, 0.1) is 0 Å². The van der Waals surface area contributed by atoms with Crippen LogP contribution < -0.4 is 0 Å². The Labute approximate surface area is 87.3 Å². The molecule has 0 fully saturated rings. The lowest BCUT2D eigenvalue weighted by molar-refractivity contribution is 0.546. The smallest absolute Gasteiger partial charge is 0.165 e. The Balaban J connectivity index is 4.03. The first-order valence-corrected chi connectivity index (χ1v) is 9.59. The van der Waals surface area contributed by atoms with Gasteiger partial charge in [0.15, 0.2) is 18.1 Å². The van der Waals surface area contributed by atoms with E-state index in [4.69, 9.17) is 4.12 Å². The SMILES string of the molecule is CC[SiH](O[SiH](CC)C(C)C)C(C)C. The summed E-state index contributed by atoms with van der Waals surface area (Å²) in [5, 5.41) is 0. The van der Waals surface area contributed by atoms with Crippen molar-refractivity contribution in [2.75, 3.05) is 0 Å². The van der Waals surface area contributed by atoms with E-state index in [2.05, 4.69) is 41.5 Å². The molecule has 0 amide bonds. The summed E-state index contributed by atoms with van der Waals surface area (Å²) in [6, 6.07) is 2.60. The lowest BCUT2D eigenvalue weighted by Crippen LogP contribution is -2.32. The van der Waals surface area contributed by atoms with Crippen molar-refractivity contribution in [1.82, 2.24) is 0 Å². The molecule has 1 nitrogen and oxygen atoms in total. The molecule has 0 aromatic carbocycles. The topological polar surface area (TPSA) is 9.23 Å². The number of rotatable bonds is 6. The standard InChI is InChI=1S/C10H26OSi2/c1-7-12(9(3)4)11-13(8-2)10(5)6/h9-10,12-13H,7-8H2,1-6H3. The van der Waals surface area contributed by atoms with Crippen molar-refractivity contribution in [2.45, 2.75) is 64.7 Å². The van der Waals surface area contributed by atoms with Gasteiger partial charge in [0.2, 0.25) is 0 Å². The largest absolute Gasteiger partial charge is 0.459 e. The molecule has 2 unspecified atom stereocenters. The Morgan fingerprint density at radius 1 is 0.846 bits per heavy atom. The summed E-state index contributed by atoms with van der Waals surface area (Å²) in [6.45, 7) is 13.9. The molecule has 0 saturated carbocycles. The molecule has 0 spiro atoms. The van der Waals surface area contributed by atoms with E-state index in [1.54, 1.807) is 0 Å². The van der Waals surface area contributed by atoms with Crippen LogP contribution in [0.3, 0.4) is 0 Å². The summed E-state index contributed by atoms with van der Waals surface area (Å²) in [5.74, 6) is 0. The Morgan fingerprint density at radius 2 is 1.15 bits per heavy atom. The summed E-state index contributed by atoms with van der Waals surface area (Å²) in [5.41, 5.74) is 1.62. The minimum atomic E-state index is -0.856. The molecule has 0 rings (SSSR count). The maximum Gasteiger partial charge on any atom is 0.165 e. The van der Waals surface area contributed by atoms with Crippen LogP contribution in [0.2, 0.25) is 23.2 Å². The highest BCUT2D eigenvalue weighted by atomic mass is 28.4. The van der Waals surface area contributed by atoms with Gasteiger partial charge in [0.25, 0.3) is 0 Å². The fraction of sp³-hybridized carbons (Fsp3) is 1.00. The van der Waals surface area contributed by atoms with Crippen molar-refractivity contribution in [2.24, 2.45) is 0 Å². The van der Waals surface area contributed by atoms with Gasteiger partial charge in [-0.3, -0.25) is 0 Å². The zero-order valence-electron chi connectivity index (χ0n) is 10.1. The monoisotopic (exact) mass is 218 g/mol. The van der Waals surface area contributed by atoms with Crippen LogP contribution in [0.4, 0.5) is 0 Å². The highest BCUT2D eigenvalue weighted by Gasteiger charge is 2.21. The first-order chi connectivity index (χ1) is 6.02. The zero-order valence-corrected chi connectivity index (χ0v) is 12.4. The van der Waals surface area contributed by atoms with Crippen LogP contribution in [0.5, 0.6) is 0 Å². The fourth-order valence-electron chi connectivity index (χ4n) is 1.67. The van der Waals surface area contributed by atoms with Crippen molar-refractivity contribution in [3.63, 3.8) is 0 Å². The van der Waals surface area contributed by atoms with Crippen molar-refractivity contribution in [1.29, 1.82) is 0 Å². The second-order valence-electron chi connectivity index (χ2n) is 4.52. The van der Waals surface area contributed by atoms with Crippen LogP contribution in [-0.2, 0) is 4.12 Å². The molecule has 3 heteroatoms. The van der Waals surface area contributed by atoms with Crippen LogP contribution in [0.15, 0.2) is 0 Å². The molecule has 0 heterocycles. The van der Waals surface area contributed by atoms with Gasteiger partial charge in [0, 0.05) is 0 Å². The Kier molecular flexibility index (Phi) is 7.00. The molecular weight excluding hydrogens is 192 g/mol. The third-order valence-corrected chi connectivity index (χ3v) is 10.0. The van der Waals surface area contributed by atoms with Crippen LogP contribution in [-0.4, -0.2) is 18.1 Å². The van der Waals surface area contributed by atoms with Gasteiger partial charge in [0.05, 0.1) is 0 Å². The van der Waals surface area contributed by atoms with E-state index >= 15 is 0 Å². The van der Waals surface area contributed by atoms with Crippen molar-refractivity contribution < 1.29 is 4.12 Å². The zero-order chi connectivity index (χ0) is 10.4. The lowest BCUT2D eigenvalue weighted by atomic mass is 10.6. The molecule has 0 aromatic heterocycles. The third-order valence-electron chi connectivity index (χ3n) is 2.64. The first kappa shape index (κ1) is 13.4. The van der Waals surface area contributed by atoms with Gasteiger partial charge >= 0.3 is 0 Å². The van der Waals surface area contributed by atoms with E-state index in [0.717, 1.165) is 11.1 Å². The molecule has 0 N–H and O–H groups in total. The molecule has 0 aliphatic heterocycles. The predicted octanol–water partition coefficient (Wildman–Crippen LogP) is 3.31. The average molecular weight is 218 g/mol. The van der Waals surface area contributed by atoms with E-state index in [9.17, 15) is 0 Å². The molecule has 80 valence electrons. The van der Waals surface area contributed by atoms with E-state index in [1.807, 2.05) is 0 Å². The predicted molar refractivity (Wildman–Crippen MR) is 66.5 cm³/mol. The highest BCUT2D eigenvalue weighted by molar-refractivity contribution is 6.67. The Morgan fingerprint density at radius 3 is 1.31 bits per heavy atom. The second-order valence-corrected chi connectivity index (χ2v) is 12.1. The summed E-state index contributed by atoms with van der Waals surface area (Å²) >= 11 is 0. The summed E-state index contributed by atoms with van der Waals surface area (Å²) in [6.07, 6.45) is 0. The first-order valence-electron chi connectivity index (χ1n) is 5.68. The van der Waals surface area contributed by atoms with Gasteiger partial charge in [-0.2, -0.15) is 0 Å². The molecule has 0 saturated heterocycles.